The summed E-state index contributed by atoms with van der Waals surface area (Å²) in [4.78, 5) is 22.5. The number of hydrogen-bond donors (Lipinski definition) is 2. The monoisotopic (exact) mass is 345 g/mol. The predicted molar refractivity (Wildman–Crippen MR) is 98.7 cm³/mol. The van der Waals surface area contributed by atoms with E-state index in [9.17, 15) is 9.59 Å². The third-order valence-corrected chi connectivity index (χ3v) is 3.91. The van der Waals surface area contributed by atoms with Gasteiger partial charge in [-0.1, -0.05) is 18.7 Å². The number of aryl methyl sites for hydroxylation is 1. The van der Waals surface area contributed by atoms with Gasteiger partial charge in [0, 0.05) is 25.4 Å². The van der Waals surface area contributed by atoms with E-state index < -0.39 is 0 Å². The van der Waals surface area contributed by atoms with Crippen molar-refractivity contribution in [2.45, 2.75) is 26.7 Å². The predicted octanol–water partition coefficient (Wildman–Crippen LogP) is 2.28. The lowest BCUT2D eigenvalue weighted by atomic mass is 9.95. The van der Waals surface area contributed by atoms with Crippen LogP contribution in [0.25, 0.3) is 0 Å². The van der Waals surface area contributed by atoms with Crippen molar-refractivity contribution in [2.24, 2.45) is 5.92 Å². The first-order chi connectivity index (χ1) is 12.0. The van der Waals surface area contributed by atoms with Crippen molar-refractivity contribution in [1.29, 1.82) is 0 Å². The molecular weight excluding hydrogens is 318 g/mol. The number of ether oxygens (including phenoxy) is 1. The molecule has 1 unspecified atom stereocenters. The van der Waals surface area contributed by atoms with Gasteiger partial charge < -0.3 is 20.0 Å². The molecule has 5 nitrogen and oxygen atoms in total. The van der Waals surface area contributed by atoms with Gasteiger partial charge in [-0.25, -0.2) is 0 Å². The van der Waals surface area contributed by atoms with Gasteiger partial charge in [-0.05, 0) is 49.1 Å². The van der Waals surface area contributed by atoms with Gasteiger partial charge in [0.25, 0.3) is 0 Å². The molecule has 2 N–H and O–H groups in total. The summed E-state index contributed by atoms with van der Waals surface area (Å²) in [5.74, 6) is 0.514. The van der Waals surface area contributed by atoms with Crippen molar-refractivity contribution >= 4 is 12.1 Å². The van der Waals surface area contributed by atoms with Crippen molar-refractivity contribution in [3.63, 3.8) is 0 Å². The molecule has 0 heterocycles. The Balaban J connectivity index is 2.80. The number of benzene rings is 1. The molecule has 1 rings (SSSR count). The number of aldehydes is 1. The van der Waals surface area contributed by atoms with Gasteiger partial charge in [0.1, 0.15) is 12.0 Å². The fourth-order valence-electron chi connectivity index (χ4n) is 2.45. The molecule has 5 heteroatoms. The van der Waals surface area contributed by atoms with Crippen LogP contribution in [0.5, 0.6) is 5.75 Å². The highest BCUT2D eigenvalue weighted by Gasteiger charge is 2.13. The Labute approximate surface area is 149 Å². The first-order valence-corrected chi connectivity index (χ1v) is 8.36. The number of hydrogen-bond acceptors (Lipinski definition) is 5. The average Bonchev–Trinajstić information content (AvgIpc) is 2.61. The van der Waals surface area contributed by atoms with Gasteiger partial charge in [-0.2, -0.15) is 0 Å². The molecule has 0 aliphatic carbocycles. The maximum absolute atomic E-state index is 11.3. The summed E-state index contributed by atoms with van der Waals surface area (Å²) in [5.41, 5.74) is 3.01. The zero-order valence-corrected chi connectivity index (χ0v) is 15.0. The quantitative estimate of drug-likeness (QED) is 0.263. The minimum atomic E-state index is -0.165. The molecule has 1 atom stereocenters. The second kappa shape index (κ2) is 11.3. The van der Waals surface area contributed by atoms with Crippen molar-refractivity contribution < 1.29 is 19.4 Å². The van der Waals surface area contributed by atoms with Gasteiger partial charge in [-0.15, -0.1) is 0 Å². The number of aliphatic hydroxyl groups excluding tert-OH is 1. The van der Waals surface area contributed by atoms with Crippen molar-refractivity contribution in [1.82, 2.24) is 5.32 Å². The molecule has 0 fully saturated rings. The van der Waals surface area contributed by atoms with Crippen LogP contribution in [-0.4, -0.2) is 36.9 Å². The van der Waals surface area contributed by atoms with Crippen LogP contribution in [-0.2, 0) is 16.0 Å². The fourth-order valence-corrected chi connectivity index (χ4v) is 2.45. The number of allylic oxidation sites excluding steroid dienone is 2. The van der Waals surface area contributed by atoms with Crippen LogP contribution in [0.1, 0.15) is 23.1 Å². The van der Waals surface area contributed by atoms with Crippen molar-refractivity contribution in [2.75, 3.05) is 19.7 Å². The summed E-state index contributed by atoms with van der Waals surface area (Å²) >= 11 is 0. The first kappa shape index (κ1) is 20.8. The van der Waals surface area contributed by atoms with E-state index in [1.165, 1.54) is 12.3 Å². The Hall–Kier alpha value is -2.24. The summed E-state index contributed by atoms with van der Waals surface area (Å²) in [6.45, 7) is 8.39. The maximum Gasteiger partial charge on any atom is 0.158 e. The second-order valence-corrected chi connectivity index (χ2v) is 5.89. The molecule has 1 aromatic rings. The second-order valence-electron chi connectivity index (χ2n) is 5.89. The van der Waals surface area contributed by atoms with Crippen LogP contribution < -0.4 is 10.1 Å². The third kappa shape index (κ3) is 7.03. The lowest BCUT2D eigenvalue weighted by Crippen LogP contribution is -2.27. The van der Waals surface area contributed by atoms with Crippen LogP contribution >= 0.6 is 0 Å². The Morgan fingerprint density at radius 1 is 1.40 bits per heavy atom. The van der Waals surface area contributed by atoms with Gasteiger partial charge in [0.2, 0.25) is 0 Å². The number of carbonyl (C=O) groups excluding carboxylic acids is 2. The molecule has 136 valence electrons. The van der Waals surface area contributed by atoms with Crippen LogP contribution in [0.3, 0.4) is 0 Å². The Morgan fingerprint density at radius 3 is 2.80 bits per heavy atom. The zero-order valence-electron chi connectivity index (χ0n) is 15.0. The van der Waals surface area contributed by atoms with E-state index in [0.29, 0.717) is 19.5 Å². The Morgan fingerprint density at radius 2 is 2.16 bits per heavy atom. The topological polar surface area (TPSA) is 75.6 Å². The minimum absolute atomic E-state index is 0.0494. The lowest BCUT2D eigenvalue weighted by molar-refractivity contribution is -0.114. The highest BCUT2D eigenvalue weighted by atomic mass is 16.5. The summed E-state index contributed by atoms with van der Waals surface area (Å²) in [6.07, 6.45) is 6.24. The minimum Gasteiger partial charge on any atom is -0.465 e. The van der Waals surface area contributed by atoms with Gasteiger partial charge in [0.05, 0.1) is 12.9 Å². The van der Waals surface area contributed by atoms with Crippen LogP contribution in [0.4, 0.5) is 0 Å². The van der Waals surface area contributed by atoms with E-state index >= 15 is 0 Å². The standard InChI is InChI=1S/C20H27NO4/c1-4-19(24)6-5-11-25-20-15(2)7-8-18(16(20)3)12-17(14-23)13-21-9-10-22/h4-5,7-8,11,14,17,21-22H,1,6,9-10,12-13H2,2-3H3. The summed E-state index contributed by atoms with van der Waals surface area (Å²) < 4.78 is 5.71. The maximum atomic E-state index is 11.3. The Bertz CT molecular complexity index is 622. The van der Waals surface area contributed by atoms with Crippen molar-refractivity contribution in [3.8, 4) is 5.75 Å². The number of rotatable bonds is 12. The highest BCUT2D eigenvalue weighted by molar-refractivity contribution is 5.90. The molecule has 0 amide bonds. The first-order valence-electron chi connectivity index (χ1n) is 8.36. The molecular formula is C20H27NO4. The van der Waals surface area contributed by atoms with E-state index in [4.69, 9.17) is 9.84 Å². The molecule has 25 heavy (non-hydrogen) atoms. The van der Waals surface area contributed by atoms with Crippen LogP contribution in [0, 0.1) is 19.8 Å². The third-order valence-electron chi connectivity index (χ3n) is 3.91. The summed E-state index contributed by atoms with van der Waals surface area (Å²) in [7, 11) is 0. The number of aliphatic hydroxyl groups is 1. The zero-order chi connectivity index (χ0) is 18.7. The fraction of sp³-hybridized carbons (Fsp3) is 0.400. The molecule has 0 spiro atoms. The molecule has 0 saturated heterocycles. The molecule has 0 aromatic heterocycles. The number of ketones is 1. The molecule has 0 aliphatic heterocycles. The molecule has 0 saturated carbocycles. The van der Waals surface area contributed by atoms with E-state index in [2.05, 4.69) is 11.9 Å². The molecule has 1 aromatic carbocycles. The summed E-state index contributed by atoms with van der Waals surface area (Å²) in [5, 5.41) is 11.9. The SMILES string of the molecule is C=CC(=O)CC=COc1c(C)ccc(CC(C=O)CNCCO)c1C. The smallest absolute Gasteiger partial charge is 0.158 e. The normalized spacial score (nSPS) is 12.1. The molecule has 0 aliphatic rings. The highest BCUT2D eigenvalue weighted by Crippen LogP contribution is 2.28. The van der Waals surface area contributed by atoms with Crippen molar-refractivity contribution in [3.05, 3.63) is 53.8 Å². The lowest BCUT2D eigenvalue weighted by Gasteiger charge is -2.16. The van der Waals surface area contributed by atoms with E-state index in [1.807, 2.05) is 26.0 Å². The van der Waals surface area contributed by atoms with Crippen LogP contribution in [0.15, 0.2) is 37.1 Å². The van der Waals surface area contributed by atoms with Gasteiger partial charge in [0.15, 0.2) is 5.78 Å². The number of nitrogens with one attached hydrogen (secondary N) is 1. The van der Waals surface area contributed by atoms with Crippen LogP contribution in [0.2, 0.25) is 0 Å². The summed E-state index contributed by atoms with van der Waals surface area (Å²) in [6, 6.07) is 3.97. The van der Waals surface area contributed by atoms with E-state index in [1.54, 1.807) is 6.08 Å². The molecule has 0 bridgehead atoms. The van der Waals surface area contributed by atoms with E-state index in [0.717, 1.165) is 28.7 Å². The Kier molecular flexibility index (Phi) is 9.43. The van der Waals surface area contributed by atoms with Gasteiger partial charge in [-0.3, -0.25) is 4.79 Å². The average molecular weight is 345 g/mol. The molecule has 0 radical (unpaired) electrons. The number of carbonyl (C=O) groups is 2. The largest absolute Gasteiger partial charge is 0.465 e. The van der Waals surface area contributed by atoms with Gasteiger partial charge >= 0.3 is 0 Å². The van der Waals surface area contributed by atoms with E-state index in [-0.39, 0.29) is 24.7 Å².